The first-order valence-electron chi connectivity index (χ1n) is 12.8. The summed E-state index contributed by atoms with van der Waals surface area (Å²) in [5.41, 5.74) is 1.44. The fourth-order valence-electron chi connectivity index (χ4n) is 4.77. The molecule has 1 saturated heterocycles. The maximum Gasteiger partial charge on any atom is 0.293 e. The summed E-state index contributed by atoms with van der Waals surface area (Å²) in [5, 5.41) is 4.62. The highest BCUT2D eigenvalue weighted by Gasteiger charge is 2.28. The monoisotopic (exact) mass is 509 g/mol. The van der Waals surface area contributed by atoms with E-state index >= 15 is 0 Å². The van der Waals surface area contributed by atoms with Crippen LogP contribution in [0.3, 0.4) is 0 Å². The van der Waals surface area contributed by atoms with Crippen molar-refractivity contribution in [2.75, 3.05) is 29.9 Å². The third kappa shape index (κ3) is 5.19. The number of nitrogens with zero attached hydrogens (tertiary/aromatic N) is 4. The molecule has 9 heteroatoms. The molecule has 0 radical (unpaired) electrons. The normalized spacial score (nSPS) is 17.9. The van der Waals surface area contributed by atoms with Gasteiger partial charge in [-0.25, -0.2) is 4.98 Å². The first-order chi connectivity index (χ1) is 17.5. The summed E-state index contributed by atoms with van der Waals surface area (Å²) in [6.45, 7) is 5.80. The van der Waals surface area contributed by atoms with Crippen LogP contribution in [0.1, 0.15) is 58.4 Å². The Morgan fingerprint density at radius 2 is 2.06 bits per heavy atom. The van der Waals surface area contributed by atoms with Crippen LogP contribution in [0.2, 0.25) is 5.02 Å². The molecule has 190 valence electrons. The van der Waals surface area contributed by atoms with E-state index in [4.69, 9.17) is 21.3 Å². The number of pyridine rings is 1. The SMILES string of the molecule is CCC(=O)COc1cc2cc(Nc3nc(N4CCC[C@H](CC)C4)ncc3Cl)ccc2n(C2CC2)c1=O. The first-order valence-corrected chi connectivity index (χ1v) is 13.2. The smallest absolute Gasteiger partial charge is 0.293 e. The van der Waals surface area contributed by atoms with Crippen molar-refractivity contribution in [2.45, 2.75) is 58.4 Å². The van der Waals surface area contributed by atoms with Gasteiger partial charge in [0.2, 0.25) is 5.95 Å². The lowest BCUT2D eigenvalue weighted by Crippen LogP contribution is -2.36. The Bertz CT molecular complexity index is 1340. The van der Waals surface area contributed by atoms with Crippen molar-refractivity contribution < 1.29 is 9.53 Å². The molecule has 1 aliphatic heterocycles. The van der Waals surface area contributed by atoms with E-state index in [1.807, 2.05) is 18.2 Å². The van der Waals surface area contributed by atoms with Gasteiger partial charge < -0.3 is 19.5 Å². The van der Waals surface area contributed by atoms with E-state index in [1.54, 1.807) is 23.8 Å². The third-order valence-corrected chi connectivity index (χ3v) is 7.35. The molecule has 0 bridgehead atoms. The summed E-state index contributed by atoms with van der Waals surface area (Å²) in [4.78, 5) is 36.3. The molecular weight excluding hydrogens is 478 g/mol. The summed E-state index contributed by atoms with van der Waals surface area (Å²) in [6.07, 6.45) is 7.46. The molecular formula is C27H32ClN5O3. The molecule has 3 heterocycles. The number of benzene rings is 1. The summed E-state index contributed by atoms with van der Waals surface area (Å²) < 4.78 is 7.44. The number of hydrogen-bond donors (Lipinski definition) is 1. The molecule has 3 aromatic rings. The van der Waals surface area contributed by atoms with Crippen molar-refractivity contribution in [3.05, 3.63) is 45.8 Å². The topological polar surface area (TPSA) is 89.3 Å². The first kappa shape index (κ1) is 24.6. The molecule has 36 heavy (non-hydrogen) atoms. The zero-order valence-corrected chi connectivity index (χ0v) is 21.6. The number of rotatable bonds is 9. The van der Waals surface area contributed by atoms with Gasteiger partial charge in [0, 0.05) is 36.6 Å². The number of ketones is 1. The van der Waals surface area contributed by atoms with Crippen LogP contribution in [0.4, 0.5) is 17.5 Å². The number of nitrogens with one attached hydrogen (secondary N) is 1. The third-order valence-electron chi connectivity index (χ3n) is 7.07. The molecule has 2 aliphatic rings. The van der Waals surface area contributed by atoms with Crippen LogP contribution in [-0.4, -0.2) is 40.0 Å². The van der Waals surface area contributed by atoms with Gasteiger partial charge in [-0.3, -0.25) is 9.59 Å². The number of piperidine rings is 1. The van der Waals surface area contributed by atoms with E-state index in [0.29, 0.717) is 29.1 Å². The van der Waals surface area contributed by atoms with Crippen LogP contribution < -0.4 is 20.5 Å². The maximum atomic E-state index is 13.1. The van der Waals surface area contributed by atoms with Crippen molar-refractivity contribution >= 4 is 45.7 Å². The molecule has 8 nitrogen and oxygen atoms in total. The molecule has 1 atom stereocenters. The zero-order valence-electron chi connectivity index (χ0n) is 20.8. The molecule has 2 aromatic heterocycles. The Kier molecular flexibility index (Phi) is 7.14. The van der Waals surface area contributed by atoms with E-state index in [0.717, 1.165) is 55.4 Å². The molecule has 0 spiro atoms. The summed E-state index contributed by atoms with van der Waals surface area (Å²) >= 11 is 6.46. The molecule has 0 amide bonds. The highest BCUT2D eigenvalue weighted by atomic mass is 35.5. The number of Topliss-reactive ketones (excluding diaryl/α,β-unsaturated/α-hetero) is 1. The van der Waals surface area contributed by atoms with Crippen LogP contribution >= 0.6 is 11.6 Å². The van der Waals surface area contributed by atoms with E-state index in [9.17, 15) is 9.59 Å². The number of hydrogen-bond acceptors (Lipinski definition) is 7. The number of fused-ring (bicyclic) bond motifs is 1. The second-order valence-electron chi connectivity index (χ2n) is 9.72. The molecule has 2 fully saturated rings. The number of aromatic nitrogens is 3. The van der Waals surface area contributed by atoms with Gasteiger partial charge in [0.15, 0.2) is 17.4 Å². The van der Waals surface area contributed by atoms with Crippen molar-refractivity contribution in [3.8, 4) is 5.75 Å². The van der Waals surface area contributed by atoms with Gasteiger partial charge in [0.25, 0.3) is 5.56 Å². The quantitative estimate of drug-likeness (QED) is 0.407. The lowest BCUT2D eigenvalue weighted by atomic mass is 9.96. The molecule has 1 N–H and O–H groups in total. The van der Waals surface area contributed by atoms with Gasteiger partial charge in [-0.05, 0) is 55.9 Å². The fourth-order valence-corrected chi connectivity index (χ4v) is 4.91. The standard InChI is InChI=1S/C27H32ClN5O3/c1-3-17-6-5-11-32(15-17)27-29-14-22(28)25(31-27)30-19-7-10-23-18(12-19)13-24(36-16-21(34)4-2)26(35)33(23)20-8-9-20/h7,10,12-14,17,20H,3-6,8-9,11,15-16H2,1-2H3,(H,29,30,31)/t17-/m0/s1. The second-order valence-corrected chi connectivity index (χ2v) is 10.1. The summed E-state index contributed by atoms with van der Waals surface area (Å²) in [5.74, 6) is 2.03. The minimum absolute atomic E-state index is 0.0453. The van der Waals surface area contributed by atoms with E-state index in [-0.39, 0.29) is 29.7 Å². The van der Waals surface area contributed by atoms with E-state index in [2.05, 4.69) is 22.1 Å². The van der Waals surface area contributed by atoms with Crippen molar-refractivity contribution in [1.82, 2.24) is 14.5 Å². The molecule has 5 rings (SSSR count). The number of ether oxygens (including phenoxy) is 1. The van der Waals surface area contributed by atoms with Crippen LogP contribution in [0.25, 0.3) is 10.9 Å². The number of anilines is 3. The number of carbonyl (C=O) groups excluding carboxylic acids is 1. The average molecular weight is 510 g/mol. The second kappa shape index (κ2) is 10.5. The van der Waals surface area contributed by atoms with Gasteiger partial charge in [0.05, 0.1) is 11.7 Å². The molecule has 1 aliphatic carbocycles. The highest BCUT2D eigenvalue weighted by Crippen LogP contribution is 2.37. The Hall–Kier alpha value is -3.13. The van der Waals surface area contributed by atoms with Crippen molar-refractivity contribution in [2.24, 2.45) is 5.92 Å². The Morgan fingerprint density at radius 3 is 2.81 bits per heavy atom. The van der Waals surface area contributed by atoms with Gasteiger partial charge in [-0.1, -0.05) is 31.9 Å². The Labute approximate surface area is 215 Å². The average Bonchev–Trinajstić information content (AvgIpc) is 3.74. The molecule has 1 aromatic carbocycles. The van der Waals surface area contributed by atoms with E-state index < -0.39 is 0 Å². The van der Waals surface area contributed by atoms with Crippen LogP contribution in [0, 0.1) is 5.92 Å². The highest BCUT2D eigenvalue weighted by molar-refractivity contribution is 6.32. The molecule has 0 unspecified atom stereocenters. The predicted molar refractivity (Wildman–Crippen MR) is 143 cm³/mol. The summed E-state index contributed by atoms with van der Waals surface area (Å²) in [6, 6.07) is 7.70. The summed E-state index contributed by atoms with van der Waals surface area (Å²) in [7, 11) is 0. The minimum atomic E-state index is -0.190. The minimum Gasteiger partial charge on any atom is -0.480 e. The number of carbonyl (C=O) groups is 1. The molecule has 1 saturated carbocycles. The van der Waals surface area contributed by atoms with Crippen molar-refractivity contribution in [3.63, 3.8) is 0 Å². The van der Waals surface area contributed by atoms with Crippen LogP contribution in [-0.2, 0) is 4.79 Å². The predicted octanol–water partition coefficient (Wildman–Crippen LogP) is 5.51. The zero-order chi connectivity index (χ0) is 25.2. The number of halogens is 1. The maximum absolute atomic E-state index is 13.1. The Balaban J connectivity index is 1.45. The van der Waals surface area contributed by atoms with Gasteiger partial charge >= 0.3 is 0 Å². The lowest BCUT2D eigenvalue weighted by Gasteiger charge is -2.32. The lowest BCUT2D eigenvalue weighted by molar-refractivity contribution is -0.120. The fraction of sp³-hybridized carbons (Fsp3) is 0.481. The Morgan fingerprint density at radius 1 is 1.22 bits per heavy atom. The van der Waals surface area contributed by atoms with Gasteiger partial charge in [0.1, 0.15) is 11.6 Å². The van der Waals surface area contributed by atoms with Gasteiger partial charge in [-0.2, -0.15) is 4.98 Å². The van der Waals surface area contributed by atoms with Crippen molar-refractivity contribution in [1.29, 1.82) is 0 Å². The van der Waals surface area contributed by atoms with Crippen LogP contribution in [0.15, 0.2) is 35.3 Å². The van der Waals surface area contributed by atoms with E-state index in [1.165, 1.54) is 6.42 Å². The van der Waals surface area contributed by atoms with Gasteiger partial charge in [-0.15, -0.1) is 0 Å². The largest absolute Gasteiger partial charge is 0.480 e. The van der Waals surface area contributed by atoms with Crippen LogP contribution in [0.5, 0.6) is 5.75 Å².